The van der Waals surface area contributed by atoms with Crippen molar-refractivity contribution < 1.29 is 9.53 Å². The molecule has 1 atom stereocenters. The monoisotopic (exact) mass is 400 g/mol. The summed E-state index contributed by atoms with van der Waals surface area (Å²) in [6, 6.07) is 27.6. The number of rotatable bonds is 6. The van der Waals surface area contributed by atoms with E-state index in [4.69, 9.17) is 15.5 Å². The lowest BCUT2D eigenvalue weighted by atomic mass is 10.0. The van der Waals surface area contributed by atoms with Crippen LogP contribution in [-0.4, -0.2) is 18.0 Å². The van der Waals surface area contributed by atoms with E-state index in [1.54, 1.807) is 7.11 Å². The standard InChI is InChI=1S/C24H20N2O2S/c1-28-18-12-13-19-20(16-8-4-2-5-9-16)15-22(26-21(19)14-18)29-23(24(25)27)17-10-6-3-7-11-17/h2-15,23H,1H3,(H2,25,27)/t23-/m1/s1. The molecule has 1 aromatic heterocycles. The number of primary amides is 1. The Morgan fingerprint density at radius 1 is 0.966 bits per heavy atom. The largest absolute Gasteiger partial charge is 0.497 e. The Bertz CT molecular complexity index is 1150. The van der Waals surface area contributed by atoms with E-state index >= 15 is 0 Å². The second kappa shape index (κ2) is 8.37. The van der Waals surface area contributed by atoms with Crippen molar-refractivity contribution in [2.45, 2.75) is 10.3 Å². The zero-order valence-corrected chi connectivity index (χ0v) is 16.7. The Balaban J connectivity index is 1.84. The summed E-state index contributed by atoms with van der Waals surface area (Å²) in [6.45, 7) is 0. The number of aromatic nitrogens is 1. The smallest absolute Gasteiger partial charge is 0.235 e. The summed E-state index contributed by atoms with van der Waals surface area (Å²) < 4.78 is 5.38. The van der Waals surface area contributed by atoms with E-state index in [1.807, 2.05) is 72.8 Å². The van der Waals surface area contributed by atoms with Gasteiger partial charge < -0.3 is 10.5 Å². The van der Waals surface area contributed by atoms with E-state index in [9.17, 15) is 4.79 Å². The van der Waals surface area contributed by atoms with Crippen LogP contribution in [0.15, 0.2) is 90.0 Å². The number of nitrogens with zero attached hydrogens (tertiary/aromatic N) is 1. The lowest BCUT2D eigenvalue weighted by Crippen LogP contribution is -2.19. The molecule has 4 rings (SSSR count). The van der Waals surface area contributed by atoms with Crippen LogP contribution >= 0.6 is 11.8 Å². The van der Waals surface area contributed by atoms with Gasteiger partial charge in [0.2, 0.25) is 5.91 Å². The van der Waals surface area contributed by atoms with Crippen LogP contribution in [-0.2, 0) is 4.79 Å². The molecule has 0 saturated heterocycles. The number of hydrogen-bond donors (Lipinski definition) is 1. The van der Waals surface area contributed by atoms with Crippen molar-refractivity contribution >= 4 is 28.6 Å². The molecule has 0 unspecified atom stereocenters. The first-order valence-electron chi connectivity index (χ1n) is 9.21. The first kappa shape index (κ1) is 19.0. The van der Waals surface area contributed by atoms with Crippen molar-refractivity contribution in [2.24, 2.45) is 5.73 Å². The molecule has 1 amide bonds. The molecule has 4 nitrogen and oxygen atoms in total. The van der Waals surface area contributed by atoms with E-state index in [-0.39, 0.29) is 0 Å². The number of hydrogen-bond acceptors (Lipinski definition) is 4. The van der Waals surface area contributed by atoms with E-state index in [0.717, 1.165) is 38.4 Å². The third-order valence-electron chi connectivity index (χ3n) is 4.68. The van der Waals surface area contributed by atoms with E-state index in [0.29, 0.717) is 0 Å². The van der Waals surface area contributed by atoms with Crippen LogP contribution in [0.2, 0.25) is 0 Å². The van der Waals surface area contributed by atoms with Gasteiger partial charge in [-0.1, -0.05) is 72.4 Å². The molecule has 0 spiro atoms. The first-order chi connectivity index (χ1) is 14.2. The van der Waals surface area contributed by atoms with Crippen LogP contribution in [0.4, 0.5) is 0 Å². The van der Waals surface area contributed by atoms with Gasteiger partial charge in [-0.05, 0) is 34.9 Å². The molecule has 0 aliphatic carbocycles. The van der Waals surface area contributed by atoms with Crippen LogP contribution in [0.5, 0.6) is 5.75 Å². The number of thioether (sulfide) groups is 1. The van der Waals surface area contributed by atoms with Gasteiger partial charge in [0.05, 0.1) is 17.7 Å². The van der Waals surface area contributed by atoms with Gasteiger partial charge in [0.15, 0.2) is 0 Å². The molecular weight excluding hydrogens is 380 g/mol. The predicted molar refractivity (Wildman–Crippen MR) is 118 cm³/mol. The fraction of sp³-hybridized carbons (Fsp3) is 0.0833. The van der Waals surface area contributed by atoms with Gasteiger partial charge in [-0.25, -0.2) is 4.98 Å². The van der Waals surface area contributed by atoms with Crippen LogP contribution in [0.3, 0.4) is 0 Å². The number of ether oxygens (including phenoxy) is 1. The summed E-state index contributed by atoms with van der Waals surface area (Å²) in [5.74, 6) is 0.343. The van der Waals surface area contributed by atoms with E-state index in [1.165, 1.54) is 11.8 Å². The van der Waals surface area contributed by atoms with Crippen LogP contribution in [0.1, 0.15) is 10.8 Å². The number of carbonyl (C=O) groups excluding carboxylic acids is 1. The van der Waals surface area contributed by atoms with Gasteiger partial charge in [-0.2, -0.15) is 0 Å². The van der Waals surface area contributed by atoms with Crippen molar-refractivity contribution in [2.75, 3.05) is 7.11 Å². The highest BCUT2D eigenvalue weighted by Crippen LogP contribution is 2.38. The summed E-state index contributed by atoms with van der Waals surface area (Å²) in [4.78, 5) is 17.0. The Morgan fingerprint density at radius 2 is 1.66 bits per heavy atom. The van der Waals surface area contributed by atoms with Crippen molar-refractivity contribution in [1.29, 1.82) is 0 Å². The molecule has 0 aliphatic rings. The maximum absolute atomic E-state index is 12.2. The maximum Gasteiger partial charge on any atom is 0.235 e. The highest BCUT2D eigenvalue weighted by Gasteiger charge is 2.21. The molecule has 0 bridgehead atoms. The number of pyridine rings is 1. The normalized spacial score (nSPS) is 11.9. The number of carbonyl (C=O) groups is 1. The molecule has 29 heavy (non-hydrogen) atoms. The fourth-order valence-corrected chi connectivity index (χ4v) is 4.25. The number of amides is 1. The molecular formula is C24H20N2O2S. The Hall–Kier alpha value is -3.31. The van der Waals surface area contributed by atoms with Crippen LogP contribution in [0, 0.1) is 0 Å². The molecule has 4 aromatic rings. The molecule has 5 heteroatoms. The van der Waals surface area contributed by atoms with Crippen molar-refractivity contribution in [3.8, 4) is 16.9 Å². The lowest BCUT2D eigenvalue weighted by molar-refractivity contribution is -0.117. The van der Waals surface area contributed by atoms with Crippen LogP contribution < -0.4 is 10.5 Å². The second-order valence-electron chi connectivity index (χ2n) is 6.57. The lowest BCUT2D eigenvalue weighted by Gasteiger charge is -2.15. The molecule has 2 N–H and O–H groups in total. The van der Waals surface area contributed by atoms with E-state index < -0.39 is 11.2 Å². The van der Waals surface area contributed by atoms with Crippen LogP contribution in [0.25, 0.3) is 22.0 Å². The number of methoxy groups -OCH3 is 1. The molecule has 0 fully saturated rings. The van der Waals surface area contributed by atoms with Gasteiger partial charge in [0, 0.05) is 11.5 Å². The number of benzene rings is 3. The molecule has 0 radical (unpaired) electrons. The minimum Gasteiger partial charge on any atom is -0.497 e. The quantitative estimate of drug-likeness (QED) is 0.450. The molecule has 0 aliphatic heterocycles. The molecule has 1 heterocycles. The minimum atomic E-state index is -0.518. The number of fused-ring (bicyclic) bond motifs is 1. The average Bonchev–Trinajstić information content (AvgIpc) is 2.77. The van der Waals surface area contributed by atoms with Gasteiger partial charge in [0.1, 0.15) is 11.0 Å². The Kier molecular flexibility index (Phi) is 5.49. The summed E-state index contributed by atoms with van der Waals surface area (Å²) >= 11 is 1.36. The molecule has 3 aromatic carbocycles. The Labute approximate surface area is 173 Å². The van der Waals surface area contributed by atoms with Gasteiger partial charge >= 0.3 is 0 Å². The highest BCUT2D eigenvalue weighted by atomic mass is 32.2. The third-order valence-corrected chi connectivity index (χ3v) is 5.87. The predicted octanol–water partition coefficient (Wildman–Crippen LogP) is 5.23. The SMILES string of the molecule is COc1ccc2c(-c3ccccc3)cc(S[C@@H](C(N)=O)c3ccccc3)nc2c1. The maximum atomic E-state index is 12.2. The minimum absolute atomic E-state index is 0.394. The van der Waals surface area contributed by atoms with Gasteiger partial charge in [-0.15, -0.1) is 0 Å². The summed E-state index contributed by atoms with van der Waals surface area (Å²) in [5, 5.41) is 1.24. The first-order valence-corrected chi connectivity index (χ1v) is 10.1. The average molecular weight is 401 g/mol. The summed E-state index contributed by atoms with van der Waals surface area (Å²) in [6.07, 6.45) is 0. The van der Waals surface area contributed by atoms with Gasteiger partial charge in [-0.3, -0.25) is 4.79 Å². The highest BCUT2D eigenvalue weighted by molar-refractivity contribution is 8.00. The molecule has 0 saturated carbocycles. The van der Waals surface area contributed by atoms with Crippen molar-refractivity contribution in [1.82, 2.24) is 4.98 Å². The zero-order valence-electron chi connectivity index (χ0n) is 15.9. The van der Waals surface area contributed by atoms with E-state index in [2.05, 4.69) is 12.1 Å². The summed E-state index contributed by atoms with van der Waals surface area (Å²) in [7, 11) is 1.64. The second-order valence-corrected chi connectivity index (χ2v) is 7.69. The van der Waals surface area contributed by atoms with Crippen molar-refractivity contribution in [3.05, 3.63) is 90.5 Å². The topological polar surface area (TPSA) is 65.2 Å². The Morgan fingerprint density at radius 3 is 2.31 bits per heavy atom. The summed E-state index contributed by atoms with van der Waals surface area (Å²) in [5.41, 5.74) is 9.52. The zero-order chi connectivity index (χ0) is 20.2. The fourth-order valence-electron chi connectivity index (χ4n) is 3.27. The third kappa shape index (κ3) is 4.10. The molecule has 144 valence electrons. The van der Waals surface area contributed by atoms with Gasteiger partial charge in [0.25, 0.3) is 0 Å². The van der Waals surface area contributed by atoms with Crippen molar-refractivity contribution in [3.63, 3.8) is 0 Å². The number of nitrogens with two attached hydrogens (primary N) is 1.